The van der Waals surface area contributed by atoms with Gasteiger partial charge in [0.05, 0.1) is 11.3 Å². The van der Waals surface area contributed by atoms with Crippen molar-refractivity contribution in [2.24, 2.45) is 5.10 Å². The first-order chi connectivity index (χ1) is 12.8. The first-order valence-electron chi connectivity index (χ1n) is 8.47. The fourth-order valence-corrected chi connectivity index (χ4v) is 2.52. The Balaban J connectivity index is 1.42. The molecule has 0 radical (unpaired) electrons. The number of benzene rings is 1. The number of hydrogen-bond donors (Lipinski definition) is 1. The van der Waals surface area contributed by atoms with E-state index >= 15 is 0 Å². The second-order valence-electron chi connectivity index (χ2n) is 5.73. The number of rotatable bonds is 7. The summed E-state index contributed by atoms with van der Waals surface area (Å²) < 4.78 is 5.69. The van der Waals surface area contributed by atoms with Crippen LogP contribution in [0.3, 0.4) is 0 Å². The van der Waals surface area contributed by atoms with Gasteiger partial charge < -0.3 is 10.1 Å². The first-order valence-corrected chi connectivity index (χ1v) is 8.47. The normalized spacial score (nSPS) is 16.5. The molecule has 1 aliphatic rings. The van der Waals surface area contributed by atoms with Gasteiger partial charge in [-0.05, 0) is 30.7 Å². The summed E-state index contributed by atoms with van der Waals surface area (Å²) in [6.07, 6.45) is 5.32. The van der Waals surface area contributed by atoms with E-state index in [0.29, 0.717) is 37.2 Å². The summed E-state index contributed by atoms with van der Waals surface area (Å²) in [4.78, 5) is 28.3. The van der Waals surface area contributed by atoms with Crippen LogP contribution in [0.2, 0.25) is 0 Å². The van der Waals surface area contributed by atoms with Crippen molar-refractivity contribution in [1.82, 2.24) is 10.3 Å². The third-order valence-corrected chi connectivity index (χ3v) is 3.85. The topological polar surface area (TPSA) is 83.9 Å². The molecule has 1 unspecified atom stereocenters. The van der Waals surface area contributed by atoms with Crippen LogP contribution in [0.1, 0.15) is 23.2 Å². The Morgan fingerprint density at radius 3 is 2.85 bits per heavy atom. The maximum Gasteiger partial charge on any atom is 0.276 e. The van der Waals surface area contributed by atoms with Gasteiger partial charge in [-0.3, -0.25) is 14.6 Å². The largest absolute Gasteiger partial charge is 0.368 e. The fourth-order valence-electron chi connectivity index (χ4n) is 2.52. The van der Waals surface area contributed by atoms with E-state index in [0.717, 1.165) is 0 Å². The van der Waals surface area contributed by atoms with Crippen molar-refractivity contribution in [3.8, 4) is 0 Å². The SMILES string of the molecule is O=C(NCCCOC1CC=NN(c2ccccc2)C1=O)c1cccnc1. The Morgan fingerprint density at radius 1 is 1.23 bits per heavy atom. The number of amides is 2. The average Bonchev–Trinajstić information content (AvgIpc) is 2.70. The number of hydrogen-bond acceptors (Lipinski definition) is 5. The summed E-state index contributed by atoms with van der Waals surface area (Å²) in [5.41, 5.74) is 1.23. The molecule has 1 aromatic heterocycles. The number of nitrogens with zero attached hydrogens (tertiary/aromatic N) is 3. The number of anilines is 1. The zero-order valence-corrected chi connectivity index (χ0v) is 14.2. The van der Waals surface area contributed by atoms with Gasteiger partial charge in [-0.15, -0.1) is 0 Å². The number of para-hydroxylation sites is 1. The number of hydrazone groups is 1. The molecule has 3 rings (SSSR count). The van der Waals surface area contributed by atoms with E-state index in [4.69, 9.17) is 4.74 Å². The van der Waals surface area contributed by atoms with Crippen LogP contribution in [-0.2, 0) is 9.53 Å². The van der Waals surface area contributed by atoms with Crippen LogP contribution in [0, 0.1) is 0 Å². The molecule has 0 aliphatic carbocycles. The van der Waals surface area contributed by atoms with E-state index in [9.17, 15) is 9.59 Å². The smallest absolute Gasteiger partial charge is 0.276 e. The van der Waals surface area contributed by atoms with Gasteiger partial charge in [-0.1, -0.05) is 18.2 Å². The van der Waals surface area contributed by atoms with Gasteiger partial charge in [0.15, 0.2) is 0 Å². The highest BCUT2D eigenvalue weighted by Gasteiger charge is 2.28. The summed E-state index contributed by atoms with van der Waals surface area (Å²) in [6.45, 7) is 0.839. The lowest BCUT2D eigenvalue weighted by Gasteiger charge is -2.26. The Morgan fingerprint density at radius 2 is 2.08 bits per heavy atom. The molecule has 2 aromatic rings. The highest BCUT2D eigenvalue weighted by molar-refractivity contribution is 6.00. The first kappa shape index (κ1) is 17.8. The van der Waals surface area contributed by atoms with Gasteiger partial charge in [0.25, 0.3) is 11.8 Å². The van der Waals surface area contributed by atoms with Gasteiger partial charge in [0, 0.05) is 38.2 Å². The Hall–Kier alpha value is -3.06. The molecule has 7 nitrogen and oxygen atoms in total. The molecule has 0 bridgehead atoms. The zero-order chi connectivity index (χ0) is 18.2. The molecule has 0 saturated carbocycles. The zero-order valence-electron chi connectivity index (χ0n) is 14.2. The average molecular weight is 352 g/mol. The third kappa shape index (κ3) is 4.52. The third-order valence-electron chi connectivity index (χ3n) is 3.85. The summed E-state index contributed by atoms with van der Waals surface area (Å²) >= 11 is 0. The molecule has 0 saturated heterocycles. The Bertz CT molecular complexity index is 765. The van der Waals surface area contributed by atoms with Crippen molar-refractivity contribution in [3.63, 3.8) is 0 Å². The van der Waals surface area contributed by atoms with E-state index in [1.165, 1.54) is 11.2 Å². The second-order valence-corrected chi connectivity index (χ2v) is 5.73. The summed E-state index contributed by atoms with van der Waals surface area (Å²) in [5, 5.41) is 8.31. The van der Waals surface area contributed by atoms with Crippen LogP contribution in [0.25, 0.3) is 0 Å². The quantitative estimate of drug-likeness (QED) is 0.773. The van der Waals surface area contributed by atoms with Crippen LogP contribution in [-0.4, -0.2) is 42.3 Å². The van der Waals surface area contributed by atoms with Crippen LogP contribution in [0.15, 0.2) is 60.0 Å². The van der Waals surface area contributed by atoms with E-state index < -0.39 is 6.10 Å². The molecule has 26 heavy (non-hydrogen) atoms. The minimum atomic E-state index is -0.554. The highest BCUT2D eigenvalue weighted by atomic mass is 16.5. The molecule has 7 heteroatoms. The van der Waals surface area contributed by atoms with Crippen molar-refractivity contribution in [2.45, 2.75) is 18.9 Å². The van der Waals surface area contributed by atoms with Crippen molar-refractivity contribution >= 4 is 23.7 Å². The van der Waals surface area contributed by atoms with Gasteiger partial charge in [-0.2, -0.15) is 10.1 Å². The maximum atomic E-state index is 12.5. The molecule has 1 N–H and O–H groups in total. The molecule has 0 spiro atoms. The summed E-state index contributed by atoms with van der Waals surface area (Å²) in [7, 11) is 0. The van der Waals surface area contributed by atoms with Crippen molar-refractivity contribution in [1.29, 1.82) is 0 Å². The molecule has 2 heterocycles. The number of carbonyl (C=O) groups is 2. The van der Waals surface area contributed by atoms with Crippen LogP contribution in [0.4, 0.5) is 5.69 Å². The van der Waals surface area contributed by atoms with Gasteiger partial charge >= 0.3 is 0 Å². The Kier molecular flexibility index (Phi) is 6.05. The fraction of sp³-hybridized carbons (Fsp3) is 0.263. The second kappa shape index (κ2) is 8.87. The number of ether oxygens (including phenoxy) is 1. The minimum Gasteiger partial charge on any atom is -0.368 e. The summed E-state index contributed by atoms with van der Waals surface area (Å²) in [5.74, 6) is -0.354. The van der Waals surface area contributed by atoms with Crippen LogP contribution < -0.4 is 10.3 Å². The number of nitrogens with one attached hydrogen (secondary N) is 1. The van der Waals surface area contributed by atoms with Crippen LogP contribution >= 0.6 is 0 Å². The number of carbonyl (C=O) groups excluding carboxylic acids is 2. The van der Waals surface area contributed by atoms with Gasteiger partial charge in [-0.25, -0.2) is 0 Å². The standard InChI is InChI=1S/C19H20N4O3/c24-18(15-6-4-10-20-14-15)21-11-5-13-26-17-9-12-22-23(19(17)25)16-7-2-1-3-8-16/h1-4,6-8,10,12,14,17H,5,9,11,13H2,(H,21,24). The molecule has 1 atom stereocenters. The van der Waals surface area contributed by atoms with E-state index in [-0.39, 0.29) is 11.8 Å². The molecular formula is C19H20N4O3. The number of aromatic nitrogens is 1. The van der Waals surface area contributed by atoms with E-state index in [1.54, 1.807) is 24.5 Å². The molecular weight excluding hydrogens is 332 g/mol. The van der Waals surface area contributed by atoms with E-state index in [2.05, 4.69) is 15.4 Å². The Labute approximate surface area is 151 Å². The predicted molar refractivity (Wildman–Crippen MR) is 98.0 cm³/mol. The number of pyridine rings is 1. The monoisotopic (exact) mass is 352 g/mol. The molecule has 1 aromatic carbocycles. The van der Waals surface area contributed by atoms with E-state index in [1.807, 2.05) is 30.3 Å². The van der Waals surface area contributed by atoms with Gasteiger partial charge in [0.1, 0.15) is 6.10 Å². The lowest BCUT2D eigenvalue weighted by atomic mass is 10.2. The molecule has 2 amide bonds. The lowest BCUT2D eigenvalue weighted by Crippen LogP contribution is -2.41. The summed E-state index contributed by atoms with van der Waals surface area (Å²) in [6, 6.07) is 12.7. The highest BCUT2D eigenvalue weighted by Crippen LogP contribution is 2.19. The van der Waals surface area contributed by atoms with Crippen LogP contribution in [0.5, 0.6) is 0 Å². The maximum absolute atomic E-state index is 12.5. The predicted octanol–water partition coefficient (Wildman–Crippen LogP) is 2.01. The van der Waals surface area contributed by atoms with Crippen molar-refractivity contribution < 1.29 is 14.3 Å². The van der Waals surface area contributed by atoms with Gasteiger partial charge in [0.2, 0.25) is 0 Å². The molecule has 134 valence electrons. The lowest BCUT2D eigenvalue weighted by molar-refractivity contribution is -0.130. The molecule has 1 aliphatic heterocycles. The van der Waals surface area contributed by atoms with Crippen molar-refractivity contribution in [2.75, 3.05) is 18.2 Å². The molecule has 0 fully saturated rings. The minimum absolute atomic E-state index is 0.172. The van der Waals surface area contributed by atoms with Crippen molar-refractivity contribution in [3.05, 3.63) is 60.4 Å².